The Kier molecular flexibility index (Phi) is 9.31. The average Bonchev–Trinajstić information content (AvgIpc) is 4.19. The molecule has 16 heteroatoms. The van der Waals surface area contributed by atoms with Crippen molar-refractivity contribution in [3.8, 4) is 0 Å². The number of ether oxygens (including phenoxy) is 2. The minimum absolute atomic E-state index is 0.0792. The number of hydrogen-bond acceptors (Lipinski definition) is 10. The molecule has 10 aromatic rings. The summed E-state index contributed by atoms with van der Waals surface area (Å²) >= 11 is 0. The number of aromatic nitrogens is 6. The first-order valence-electron chi connectivity index (χ1n) is 23.2. The summed E-state index contributed by atoms with van der Waals surface area (Å²) in [6.45, 7) is 9.40. The van der Waals surface area contributed by atoms with Crippen LogP contribution in [0.3, 0.4) is 0 Å². The molecule has 0 saturated carbocycles. The molecule has 68 heavy (non-hydrogen) atoms. The Bertz CT molecular complexity index is 3980. The molecule has 14 rings (SSSR count). The molecule has 6 aromatic heterocycles. The number of rotatable bonds is 6. The minimum Gasteiger partial charge on any atom is -0.379 e. The lowest BCUT2D eigenvalue weighted by atomic mass is 9.97. The minimum atomic E-state index is -0.157. The van der Waals surface area contributed by atoms with Gasteiger partial charge in [-0.3, -0.25) is 38.6 Å². The molecule has 340 valence electrons. The Labute approximate surface area is 384 Å². The lowest BCUT2D eigenvalue weighted by molar-refractivity contribution is 0.0366. The van der Waals surface area contributed by atoms with Crippen molar-refractivity contribution in [2.75, 3.05) is 65.7 Å². The van der Waals surface area contributed by atoms with Crippen LogP contribution in [0.4, 0.5) is 0 Å². The van der Waals surface area contributed by atoms with E-state index < -0.39 is 0 Å². The van der Waals surface area contributed by atoms with E-state index in [0.29, 0.717) is 47.5 Å². The predicted molar refractivity (Wildman–Crippen MR) is 260 cm³/mol. The van der Waals surface area contributed by atoms with Gasteiger partial charge in [-0.1, -0.05) is 0 Å². The van der Waals surface area contributed by atoms with Gasteiger partial charge >= 0.3 is 0 Å². The SMILES string of the molecule is O=C1CC(=O)c2c1c1c3cc[nH]cc3[nH]c1c1c2c2ccc(=O)cc2n1CCN1CCOCC1.O=C1CC(=O)c2c1c1c3ccc(=O)cc3[nH]c1c1c2c2cc[nH]cc2n1CCN1CCOCC1. The third kappa shape index (κ3) is 6.07. The van der Waals surface area contributed by atoms with Gasteiger partial charge in [0.05, 0.1) is 83.4 Å². The smallest absolute Gasteiger partial charge is 0.180 e. The van der Waals surface area contributed by atoms with E-state index >= 15 is 0 Å². The average molecular weight is 909 g/mol. The van der Waals surface area contributed by atoms with Crippen LogP contribution in [0.15, 0.2) is 82.9 Å². The highest BCUT2D eigenvalue weighted by molar-refractivity contribution is 6.42. The Morgan fingerprint density at radius 1 is 0.456 bits per heavy atom. The molecule has 0 atom stereocenters. The number of nitrogens with zero attached hydrogens (tertiary/aromatic N) is 4. The molecular formula is C52H44N8O8. The fourth-order valence-electron chi connectivity index (χ4n) is 11.6. The molecule has 4 N–H and O–H groups in total. The van der Waals surface area contributed by atoms with Crippen LogP contribution in [0.5, 0.6) is 0 Å². The number of aromatic amines is 4. The van der Waals surface area contributed by atoms with Gasteiger partial charge in [0.25, 0.3) is 0 Å². The Balaban J connectivity index is 0.000000134. The predicted octanol–water partition coefficient (Wildman–Crippen LogP) is 6.44. The number of pyridine rings is 2. The topological polar surface area (TPSA) is 200 Å². The number of fused-ring (bicyclic) bond motifs is 20. The third-order valence-electron chi connectivity index (χ3n) is 14.6. The highest BCUT2D eigenvalue weighted by Crippen LogP contribution is 2.46. The Morgan fingerprint density at radius 3 is 1.50 bits per heavy atom. The maximum Gasteiger partial charge on any atom is 0.180 e. The highest BCUT2D eigenvalue weighted by Gasteiger charge is 2.37. The quantitative estimate of drug-likeness (QED) is 0.135. The zero-order valence-electron chi connectivity index (χ0n) is 36.9. The van der Waals surface area contributed by atoms with Crippen molar-refractivity contribution < 1.29 is 28.7 Å². The molecule has 8 heterocycles. The summed E-state index contributed by atoms with van der Waals surface area (Å²) in [5.41, 5.74) is 8.56. The molecule has 2 aliphatic carbocycles. The lowest BCUT2D eigenvalue weighted by Gasteiger charge is -2.27. The fourth-order valence-corrected chi connectivity index (χ4v) is 11.6. The molecule has 2 aliphatic heterocycles. The van der Waals surface area contributed by atoms with Gasteiger partial charge in [0.15, 0.2) is 34.0 Å². The van der Waals surface area contributed by atoms with Gasteiger partial charge in [0.2, 0.25) is 0 Å². The van der Waals surface area contributed by atoms with Crippen molar-refractivity contribution in [3.05, 3.63) is 116 Å². The maximum atomic E-state index is 13.2. The molecule has 0 radical (unpaired) electrons. The van der Waals surface area contributed by atoms with E-state index in [9.17, 15) is 28.8 Å². The number of nitrogens with one attached hydrogen (secondary N) is 4. The lowest BCUT2D eigenvalue weighted by Crippen LogP contribution is -2.38. The number of hydrogen-bond donors (Lipinski definition) is 4. The Hall–Kier alpha value is -7.50. The molecule has 2 fully saturated rings. The largest absolute Gasteiger partial charge is 0.379 e. The van der Waals surface area contributed by atoms with Crippen LogP contribution in [-0.4, -0.2) is 128 Å². The van der Waals surface area contributed by atoms with Gasteiger partial charge in [-0.05, 0) is 36.4 Å². The molecule has 0 unspecified atom stereocenters. The highest BCUT2D eigenvalue weighted by atomic mass is 16.5. The van der Waals surface area contributed by atoms with Crippen molar-refractivity contribution in [1.82, 2.24) is 38.9 Å². The van der Waals surface area contributed by atoms with Crippen molar-refractivity contribution in [2.24, 2.45) is 0 Å². The normalized spacial score (nSPS) is 17.1. The second-order valence-electron chi connectivity index (χ2n) is 18.3. The summed E-state index contributed by atoms with van der Waals surface area (Å²) < 4.78 is 15.4. The van der Waals surface area contributed by atoms with Crippen LogP contribution in [0.1, 0.15) is 54.3 Å². The zero-order valence-corrected chi connectivity index (χ0v) is 36.9. The standard InChI is InChI=1S/2C26H22N4O4/c31-14-1-2-16-18(11-14)30(6-5-29-7-9-34-10-8-29)26-22(16)24-20(33)12-19(32)23(24)21-15-3-4-27-13-17(15)28-25(21)26;31-14-1-2-15-17(11-14)28-25-21(15)23-19(32)12-20(33)24(23)22-16-3-4-27-13-18(16)30(26(22)25)6-5-29-7-9-34-10-8-29/h2*1-4,11,13,27-28H,5-10,12H2. The summed E-state index contributed by atoms with van der Waals surface area (Å²) in [6, 6.07) is 13.7. The molecule has 0 spiro atoms. The summed E-state index contributed by atoms with van der Waals surface area (Å²) in [5.74, 6) is -0.588. The number of Topliss-reactive ketones (excluding diaryl/α,β-unsaturated/α-hetero) is 4. The first kappa shape index (κ1) is 40.7. The van der Waals surface area contributed by atoms with E-state index in [0.717, 1.165) is 141 Å². The molecule has 0 amide bonds. The van der Waals surface area contributed by atoms with Crippen molar-refractivity contribution in [1.29, 1.82) is 0 Å². The van der Waals surface area contributed by atoms with E-state index in [1.54, 1.807) is 24.3 Å². The number of morpholine rings is 2. The van der Waals surface area contributed by atoms with E-state index in [1.165, 1.54) is 12.1 Å². The van der Waals surface area contributed by atoms with Gasteiger partial charge in [-0.25, -0.2) is 0 Å². The molecular weight excluding hydrogens is 865 g/mol. The van der Waals surface area contributed by atoms with Crippen LogP contribution >= 0.6 is 0 Å². The van der Waals surface area contributed by atoms with Crippen molar-refractivity contribution in [2.45, 2.75) is 25.9 Å². The Morgan fingerprint density at radius 2 is 0.912 bits per heavy atom. The summed E-state index contributed by atoms with van der Waals surface area (Å²) in [4.78, 5) is 95.0. The van der Waals surface area contributed by atoms with E-state index in [-0.39, 0.29) is 46.8 Å². The summed E-state index contributed by atoms with van der Waals surface area (Å²) in [6.07, 6.45) is 7.26. The van der Waals surface area contributed by atoms with Crippen LogP contribution in [0.2, 0.25) is 0 Å². The van der Waals surface area contributed by atoms with Crippen LogP contribution in [0, 0.1) is 0 Å². The van der Waals surface area contributed by atoms with Crippen LogP contribution in [0.25, 0.3) is 87.2 Å². The monoisotopic (exact) mass is 908 g/mol. The molecule has 16 nitrogen and oxygen atoms in total. The first-order valence-corrected chi connectivity index (χ1v) is 23.2. The van der Waals surface area contributed by atoms with Crippen molar-refractivity contribution >= 4 is 110 Å². The number of ketones is 4. The second kappa shape index (κ2) is 15.5. The number of carbonyl (C=O) groups excluding carboxylic acids is 4. The zero-order chi connectivity index (χ0) is 45.9. The number of H-pyrrole nitrogens is 4. The van der Waals surface area contributed by atoms with E-state index in [2.05, 4.69) is 38.9 Å². The molecule has 4 aliphatic rings. The van der Waals surface area contributed by atoms with E-state index in [4.69, 9.17) is 9.47 Å². The molecule has 4 aromatic carbocycles. The van der Waals surface area contributed by atoms with Gasteiger partial charge in [0, 0.05) is 155 Å². The fraction of sp³-hybridized carbons (Fsp3) is 0.269. The maximum absolute atomic E-state index is 13.2. The van der Waals surface area contributed by atoms with Gasteiger partial charge < -0.3 is 38.5 Å². The van der Waals surface area contributed by atoms with Gasteiger partial charge in [-0.2, -0.15) is 0 Å². The van der Waals surface area contributed by atoms with Crippen molar-refractivity contribution in [3.63, 3.8) is 0 Å². The van der Waals surface area contributed by atoms with Gasteiger partial charge in [0.1, 0.15) is 0 Å². The van der Waals surface area contributed by atoms with Crippen LogP contribution < -0.4 is 10.9 Å². The van der Waals surface area contributed by atoms with Gasteiger partial charge in [-0.15, -0.1) is 0 Å². The number of carbonyl (C=O) groups is 4. The molecule has 0 bridgehead atoms. The first-order chi connectivity index (χ1) is 33.2. The third-order valence-corrected chi connectivity index (χ3v) is 14.6. The van der Waals surface area contributed by atoms with E-state index in [1.807, 2.05) is 36.9 Å². The summed E-state index contributed by atoms with van der Waals surface area (Å²) in [5, 5.41) is 6.61. The second-order valence-corrected chi connectivity index (χ2v) is 18.3. The molecule has 2 saturated heterocycles. The van der Waals surface area contributed by atoms with Crippen LogP contribution in [-0.2, 0) is 22.6 Å². The summed E-state index contributed by atoms with van der Waals surface area (Å²) in [7, 11) is 0. The number of benzene rings is 4.